The number of rotatable bonds is 3. The maximum Gasteiger partial charge on any atom is 0.0629 e. The molecule has 0 aliphatic rings. The number of hydrogen-bond acceptors (Lipinski definition) is 2. The van der Waals surface area contributed by atoms with E-state index in [1.165, 1.54) is 10.8 Å². The largest absolute Gasteiger partial charge is 0.392 e. The lowest BCUT2D eigenvalue weighted by molar-refractivity contribution is 0.342. The number of benzene rings is 2. The normalized spacial score (nSPS) is 11.0. The summed E-state index contributed by atoms with van der Waals surface area (Å²) in [5, 5.41) is 14.2. The van der Waals surface area contributed by atoms with Gasteiger partial charge in [0.05, 0.1) is 6.61 Å². The summed E-state index contributed by atoms with van der Waals surface area (Å²) < 4.78 is 0. The van der Waals surface area contributed by atoms with Crippen molar-refractivity contribution < 1.29 is 5.11 Å². The van der Waals surface area contributed by atoms with E-state index in [1.807, 2.05) is 24.3 Å². The fourth-order valence-electron chi connectivity index (χ4n) is 1.55. The molecule has 2 N–H and O–H groups in total. The molecule has 0 unspecified atom stereocenters. The summed E-state index contributed by atoms with van der Waals surface area (Å²) in [5.41, 5.74) is 1.05. The summed E-state index contributed by atoms with van der Waals surface area (Å²) in [5.74, 6) is 0. The molecule has 2 heteroatoms. The molecule has 2 aromatic rings. The highest BCUT2D eigenvalue weighted by Gasteiger charge is 1.96. The topological polar surface area (TPSA) is 32.3 Å². The molecule has 0 saturated heterocycles. The van der Waals surface area contributed by atoms with Crippen molar-refractivity contribution in [2.75, 3.05) is 11.9 Å². The van der Waals surface area contributed by atoms with Crippen LogP contribution in [0.3, 0.4) is 0 Å². The molecule has 2 rings (SSSR count). The third-order valence-corrected chi connectivity index (χ3v) is 2.25. The van der Waals surface area contributed by atoms with E-state index in [-0.39, 0.29) is 6.61 Å². The Morgan fingerprint density at radius 3 is 2.73 bits per heavy atom. The maximum absolute atomic E-state index is 8.63. The molecule has 0 fully saturated rings. The predicted octanol–water partition coefficient (Wildman–Crippen LogP) is 2.76. The SMILES string of the molecule is OC/C=C/Nc1cccc2ccccc12. The first-order valence-corrected chi connectivity index (χ1v) is 4.92. The molecule has 15 heavy (non-hydrogen) atoms. The Hall–Kier alpha value is -1.80. The number of aliphatic hydroxyl groups is 1. The van der Waals surface area contributed by atoms with Gasteiger partial charge in [0.25, 0.3) is 0 Å². The van der Waals surface area contributed by atoms with Crippen LogP contribution >= 0.6 is 0 Å². The fourth-order valence-corrected chi connectivity index (χ4v) is 1.55. The van der Waals surface area contributed by atoms with Crippen molar-refractivity contribution >= 4 is 16.5 Å². The smallest absolute Gasteiger partial charge is 0.0629 e. The van der Waals surface area contributed by atoms with Gasteiger partial charge in [-0.15, -0.1) is 0 Å². The van der Waals surface area contributed by atoms with Crippen molar-refractivity contribution in [1.29, 1.82) is 0 Å². The Balaban J connectivity index is 2.38. The van der Waals surface area contributed by atoms with Gasteiger partial charge < -0.3 is 10.4 Å². The van der Waals surface area contributed by atoms with Crippen molar-refractivity contribution in [3.8, 4) is 0 Å². The summed E-state index contributed by atoms with van der Waals surface area (Å²) in [6.45, 7) is 0.0533. The van der Waals surface area contributed by atoms with Gasteiger partial charge in [-0.1, -0.05) is 36.4 Å². The molecule has 2 nitrogen and oxygen atoms in total. The van der Waals surface area contributed by atoms with Crippen molar-refractivity contribution in [2.45, 2.75) is 0 Å². The zero-order valence-electron chi connectivity index (χ0n) is 8.35. The molecule has 0 atom stereocenters. The van der Waals surface area contributed by atoms with E-state index in [4.69, 9.17) is 5.11 Å². The van der Waals surface area contributed by atoms with Crippen LogP contribution in [0, 0.1) is 0 Å². The Morgan fingerprint density at radius 1 is 1.07 bits per heavy atom. The molecule has 0 heterocycles. The Kier molecular flexibility index (Phi) is 3.00. The Morgan fingerprint density at radius 2 is 1.87 bits per heavy atom. The van der Waals surface area contributed by atoms with Gasteiger partial charge in [-0.25, -0.2) is 0 Å². The summed E-state index contributed by atoms with van der Waals surface area (Å²) in [7, 11) is 0. The third kappa shape index (κ3) is 2.17. The van der Waals surface area contributed by atoms with E-state index in [9.17, 15) is 0 Å². The highest BCUT2D eigenvalue weighted by atomic mass is 16.2. The first-order chi connectivity index (χ1) is 7.42. The van der Waals surface area contributed by atoms with Gasteiger partial charge >= 0.3 is 0 Å². The highest BCUT2D eigenvalue weighted by molar-refractivity contribution is 5.94. The molecule has 2 aromatic carbocycles. The highest BCUT2D eigenvalue weighted by Crippen LogP contribution is 2.22. The van der Waals surface area contributed by atoms with Gasteiger partial charge in [-0.05, 0) is 23.7 Å². The second-order valence-corrected chi connectivity index (χ2v) is 3.26. The lowest BCUT2D eigenvalue weighted by atomic mass is 10.1. The number of nitrogens with one attached hydrogen (secondary N) is 1. The van der Waals surface area contributed by atoms with Crippen LogP contribution in [-0.2, 0) is 0 Å². The summed E-state index contributed by atoms with van der Waals surface area (Å²) in [6.07, 6.45) is 3.42. The second-order valence-electron chi connectivity index (χ2n) is 3.26. The maximum atomic E-state index is 8.63. The zero-order valence-corrected chi connectivity index (χ0v) is 8.35. The molecular weight excluding hydrogens is 186 g/mol. The third-order valence-electron chi connectivity index (χ3n) is 2.25. The summed E-state index contributed by atoms with van der Waals surface area (Å²) in [4.78, 5) is 0. The van der Waals surface area contributed by atoms with Gasteiger partial charge in [0.1, 0.15) is 0 Å². The fraction of sp³-hybridized carbons (Fsp3) is 0.0769. The van der Waals surface area contributed by atoms with Crippen molar-refractivity contribution in [2.24, 2.45) is 0 Å². The van der Waals surface area contributed by atoms with Gasteiger partial charge in [0.15, 0.2) is 0 Å². The summed E-state index contributed by atoms with van der Waals surface area (Å²) in [6, 6.07) is 14.3. The van der Waals surface area contributed by atoms with E-state index in [0.717, 1.165) is 5.69 Å². The number of aliphatic hydroxyl groups excluding tert-OH is 1. The standard InChI is InChI=1S/C13H13NO/c15-10-4-9-14-13-8-3-6-11-5-1-2-7-12(11)13/h1-9,14-15H,10H2/b9-4+. The van der Waals surface area contributed by atoms with Crippen LogP contribution in [0.15, 0.2) is 54.7 Å². The summed E-state index contributed by atoms with van der Waals surface area (Å²) >= 11 is 0. The van der Waals surface area contributed by atoms with Crippen LogP contribution in [0.1, 0.15) is 0 Å². The molecule has 76 valence electrons. The molecule has 0 bridgehead atoms. The minimum absolute atomic E-state index is 0.0533. The average molecular weight is 199 g/mol. The van der Waals surface area contributed by atoms with E-state index < -0.39 is 0 Å². The predicted molar refractivity (Wildman–Crippen MR) is 63.8 cm³/mol. The molecule has 0 saturated carbocycles. The quantitative estimate of drug-likeness (QED) is 0.796. The van der Waals surface area contributed by atoms with E-state index in [1.54, 1.807) is 12.3 Å². The van der Waals surface area contributed by atoms with Crippen molar-refractivity contribution in [3.63, 3.8) is 0 Å². The van der Waals surface area contributed by atoms with E-state index in [2.05, 4.69) is 23.5 Å². The lowest BCUT2D eigenvalue weighted by Crippen LogP contribution is -1.89. The zero-order chi connectivity index (χ0) is 10.5. The second kappa shape index (κ2) is 4.62. The van der Waals surface area contributed by atoms with Crippen LogP contribution in [0.5, 0.6) is 0 Å². The molecule has 0 aromatic heterocycles. The lowest BCUT2D eigenvalue weighted by Gasteiger charge is -2.05. The van der Waals surface area contributed by atoms with Crippen LogP contribution < -0.4 is 5.32 Å². The Labute approximate surface area is 88.9 Å². The van der Waals surface area contributed by atoms with E-state index >= 15 is 0 Å². The monoisotopic (exact) mass is 199 g/mol. The first kappa shape index (κ1) is 9.74. The van der Waals surface area contributed by atoms with Crippen LogP contribution in [0.4, 0.5) is 5.69 Å². The molecule has 0 amide bonds. The van der Waals surface area contributed by atoms with Gasteiger partial charge in [-0.3, -0.25) is 0 Å². The van der Waals surface area contributed by atoms with Gasteiger partial charge in [0.2, 0.25) is 0 Å². The average Bonchev–Trinajstić information content (AvgIpc) is 2.30. The van der Waals surface area contributed by atoms with Crippen molar-refractivity contribution in [3.05, 3.63) is 54.7 Å². The van der Waals surface area contributed by atoms with Gasteiger partial charge in [0, 0.05) is 11.1 Å². The number of fused-ring (bicyclic) bond motifs is 1. The molecule has 0 aliphatic carbocycles. The molecule has 0 spiro atoms. The van der Waals surface area contributed by atoms with Gasteiger partial charge in [-0.2, -0.15) is 0 Å². The minimum atomic E-state index is 0.0533. The Bertz CT molecular complexity index is 471. The molecular formula is C13H13NO. The number of hydrogen-bond donors (Lipinski definition) is 2. The minimum Gasteiger partial charge on any atom is -0.392 e. The number of anilines is 1. The van der Waals surface area contributed by atoms with Crippen LogP contribution in [0.25, 0.3) is 10.8 Å². The van der Waals surface area contributed by atoms with E-state index in [0.29, 0.717) is 0 Å². The van der Waals surface area contributed by atoms with Crippen molar-refractivity contribution in [1.82, 2.24) is 0 Å². The first-order valence-electron chi connectivity index (χ1n) is 4.92. The van der Waals surface area contributed by atoms with Crippen LogP contribution in [0.2, 0.25) is 0 Å². The molecule has 0 aliphatic heterocycles. The molecule has 0 radical (unpaired) electrons. The van der Waals surface area contributed by atoms with Crippen LogP contribution in [-0.4, -0.2) is 11.7 Å².